The minimum absolute atomic E-state index is 0.0554. The Morgan fingerprint density at radius 1 is 1.37 bits per heavy atom. The highest BCUT2D eigenvalue weighted by atomic mass is 32.2. The van der Waals surface area contributed by atoms with Gasteiger partial charge >= 0.3 is 5.97 Å². The molecule has 1 aromatic carbocycles. The molecule has 0 saturated heterocycles. The van der Waals surface area contributed by atoms with E-state index < -0.39 is 37.7 Å². The third kappa shape index (κ3) is 3.44. The number of aliphatic carboxylic acids is 1. The van der Waals surface area contributed by atoms with Gasteiger partial charge in [0.15, 0.2) is 9.84 Å². The van der Waals surface area contributed by atoms with E-state index in [2.05, 4.69) is 0 Å². The summed E-state index contributed by atoms with van der Waals surface area (Å²) >= 11 is 0. The largest absolute Gasteiger partial charge is 0.508 e. The number of carbonyl (C=O) groups is 1. The van der Waals surface area contributed by atoms with Crippen LogP contribution in [0.25, 0.3) is 0 Å². The Balaban J connectivity index is 3.42. The topological polar surface area (TPSA) is 91.7 Å². The van der Waals surface area contributed by atoms with E-state index in [0.717, 1.165) is 18.4 Å². The second-order valence-electron chi connectivity index (χ2n) is 5.03. The van der Waals surface area contributed by atoms with E-state index in [0.29, 0.717) is 0 Å². The second-order valence-corrected chi connectivity index (χ2v) is 7.01. The SMILES string of the molecule is CC(C)(CC(=O)O)c1cc(F)c(S(C)(=O)=O)cc1O. The van der Waals surface area contributed by atoms with Crippen molar-refractivity contribution in [2.24, 2.45) is 0 Å². The van der Waals surface area contributed by atoms with Gasteiger partial charge in [-0.1, -0.05) is 13.8 Å². The fraction of sp³-hybridized carbons (Fsp3) is 0.417. The number of hydrogen-bond acceptors (Lipinski definition) is 4. The zero-order valence-corrected chi connectivity index (χ0v) is 11.6. The fourth-order valence-corrected chi connectivity index (χ4v) is 2.58. The molecule has 0 aliphatic rings. The first-order chi connectivity index (χ1) is 8.45. The van der Waals surface area contributed by atoms with Crippen molar-refractivity contribution >= 4 is 15.8 Å². The van der Waals surface area contributed by atoms with E-state index in [1.807, 2.05) is 0 Å². The molecule has 2 N–H and O–H groups in total. The average Bonchev–Trinajstić information content (AvgIpc) is 2.17. The summed E-state index contributed by atoms with van der Waals surface area (Å²) in [6, 6.07) is 1.68. The van der Waals surface area contributed by atoms with Crippen molar-refractivity contribution in [2.45, 2.75) is 30.6 Å². The van der Waals surface area contributed by atoms with Crippen LogP contribution in [0.15, 0.2) is 17.0 Å². The average molecular weight is 290 g/mol. The van der Waals surface area contributed by atoms with Gasteiger partial charge in [-0.05, 0) is 6.07 Å². The molecule has 0 atom stereocenters. The third-order valence-electron chi connectivity index (χ3n) is 2.77. The minimum atomic E-state index is -3.79. The normalized spacial score (nSPS) is 12.4. The highest BCUT2D eigenvalue weighted by molar-refractivity contribution is 7.90. The summed E-state index contributed by atoms with van der Waals surface area (Å²) in [6.07, 6.45) is 0.505. The quantitative estimate of drug-likeness (QED) is 0.880. The molecule has 5 nitrogen and oxygen atoms in total. The van der Waals surface area contributed by atoms with E-state index in [-0.39, 0.29) is 12.0 Å². The van der Waals surface area contributed by atoms with Crippen molar-refractivity contribution in [1.82, 2.24) is 0 Å². The number of carboxylic acid groups (broad SMARTS) is 1. The molecule has 19 heavy (non-hydrogen) atoms. The van der Waals surface area contributed by atoms with Crippen LogP contribution in [0, 0.1) is 5.82 Å². The maximum Gasteiger partial charge on any atom is 0.304 e. The number of carboxylic acids is 1. The molecule has 7 heteroatoms. The number of sulfone groups is 1. The van der Waals surface area contributed by atoms with Crippen LogP contribution in [0.4, 0.5) is 4.39 Å². The standard InChI is InChI=1S/C12H15FO5S/c1-12(2,6-11(15)16)7-4-8(13)10(5-9(7)14)19(3,17)18/h4-5,14H,6H2,1-3H3,(H,15,16). The number of phenolic OH excluding ortho intramolecular Hbond substituents is 1. The van der Waals surface area contributed by atoms with Gasteiger partial charge in [0.05, 0.1) is 6.42 Å². The minimum Gasteiger partial charge on any atom is -0.508 e. The Hall–Kier alpha value is -1.63. The van der Waals surface area contributed by atoms with Crippen LogP contribution in [0.2, 0.25) is 0 Å². The molecule has 1 rings (SSSR count). The fourth-order valence-electron chi connectivity index (χ4n) is 1.84. The monoisotopic (exact) mass is 290 g/mol. The lowest BCUT2D eigenvalue weighted by molar-refractivity contribution is -0.138. The van der Waals surface area contributed by atoms with Crippen LogP contribution >= 0.6 is 0 Å². The second kappa shape index (κ2) is 4.80. The number of rotatable bonds is 4. The molecule has 0 fully saturated rings. The van der Waals surface area contributed by atoms with Crippen LogP contribution in [0.3, 0.4) is 0 Å². The molecule has 1 aromatic rings. The summed E-state index contributed by atoms with van der Waals surface area (Å²) < 4.78 is 36.4. The number of phenols is 1. The van der Waals surface area contributed by atoms with Crippen molar-refractivity contribution in [3.05, 3.63) is 23.5 Å². The molecule has 0 amide bonds. The molecule has 0 bridgehead atoms. The molecule has 0 saturated carbocycles. The number of halogens is 1. The molecular formula is C12H15FO5S. The predicted molar refractivity (Wildman–Crippen MR) is 66.5 cm³/mol. The Morgan fingerprint density at radius 2 is 1.89 bits per heavy atom. The van der Waals surface area contributed by atoms with Gasteiger partial charge in [0.2, 0.25) is 0 Å². The summed E-state index contributed by atoms with van der Waals surface area (Å²) in [7, 11) is -3.79. The van der Waals surface area contributed by atoms with Gasteiger partial charge in [-0.3, -0.25) is 4.79 Å². The Kier molecular flexibility index (Phi) is 3.90. The van der Waals surface area contributed by atoms with Crippen LogP contribution < -0.4 is 0 Å². The Bertz CT molecular complexity index is 619. The van der Waals surface area contributed by atoms with Crippen LogP contribution in [-0.2, 0) is 20.0 Å². The van der Waals surface area contributed by atoms with Crippen molar-refractivity contribution < 1.29 is 27.8 Å². The van der Waals surface area contributed by atoms with Gasteiger partial charge in [0.1, 0.15) is 16.5 Å². The van der Waals surface area contributed by atoms with E-state index in [1.54, 1.807) is 0 Å². The lowest BCUT2D eigenvalue weighted by Crippen LogP contribution is -2.22. The molecule has 106 valence electrons. The summed E-state index contributed by atoms with van der Waals surface area (Å²) in [4.78, 5) is 10.1. The zero-order chi connectivity index (χ0) is 15.0. The highest BCUT2D eigenvalue weighted by Gasteiger charge is 2.29. The van der Waals surface area contributed by atoms with E-state index in [1.165, 1.54) is 13.8 Å². The summed E-state index contributed by atoms with van der Waals surface area (Å²) in [6.45, 7) is 3.05. The van der Waals surface area contributed by atoms with Crippen molar-refractivity contribution in [2.75, 3.05) is 6.26 Å². The smallest absolute Gasteiger partial charge is 0.304 e. The van der Waals surface area contributed by atoms with E-state index in [4.69, 9.17) is 5.11 Å². The van der Waals surface area contributed by atoms with Gasteiger partial charge in [0, 0.05) is 23.3 Å². The number of aromatic hydroxyl groups is 1. The molecule has 0 aliphatic carbocycles. The Labute approximate surface area is 110 Å². The van der Waals surface area contributed by atoms with Gasteiger partial charge < -0.3 is 10.2 Å². The van der Waals surface area contributed by atoms with Crippen LogP contribution in [0.1, 0.15) is 25.8 Å². The predicted octanol–water partition coefficient (Wildman–Crippen LogP) is 1.69. The molecule has 0 radical (unpaired) electrons. The lowest BCUT2D eigenvalue weighted by Gasteiger charge is -2.24. The zero-order valence-electron chi connectivity index (χ0n) is 10.8. The highest BCUT2D eigenvalue weighted by Crippen LogP contribution is 2.36. The van der Waals surface area contributed by atoms with Gasteiger partial charge in [0.25, 0.3) is 0 Å². The first-order valence-electron chi connectivity index (χ1n) is 5.40. The molecular weight excluding hydrogens is 275 g/mol. The third-order valence-corrected chi connectivity index (χ3v) is 3.88. The first-order valence-corrected chi connectivity index (χ1v) is 7.29. The van der Waals surface area contributed by atoms with Crippen LogP contribution in [0.5, 0.6) is 5.75 Å². The van der Waals surface area contributed by atoms with Crippen LogP contribution in [-0.4, -0.2) is 30.9 Å². The Morgan fingerprint density at radius 3 is 2.32 bits per heavy atom. The van der Waals surface area contributed by atoms with E-state index >= 15 is 0 Å². The number of benzene rings is 1. The lowest BCUT2D eigenvalue weighted by atomic mass is 9.81. The molecule has 0 aliphatic heterocycles. The van der Waals surface area contributed by atoms with E-state index in [9.17, 15) is 22.7 Å². The maximum atomic E-state index is 13.8. The summed E-state index contributed by atoms with van der Waals surface area (Å²) in [5.41, 5.74) is -0.966. The van der Waals surface area contributed by atoms with Gasteiger partial charge in [-0.15, -0.1) is 0 Å². The van der Waals surface area contributed by atoms with Crippen molar-refractivity contribution in [3.8, 4) is 5.75 Å². The first kappa shape index (κ1) is 15.4. The molecule has 0 aromatic heterocycles. The van der Waals surface area contributed by atoms with Gasteiger partial charge in [-0.25, -0.2) is 12.8 Å². The van der Waals surface area contributed by atoms with Gasteiger partial charge in [-0.2, -0.15) is 0 Å². The molecule has 0 unspecified atom stereocenters. The summed E-state index contributed by atoms with van der Waals surface area (Å²) in [5.74, 6) is -2.54. The molecule has 0 spiro atoms. The van der Waals surface area contributed by atoms with Crippen molar-refractivity contribution in [3.63, 3.8) is 0 Å². The van der Waals surface area contributed by atoms with Crippen molar-refractivity contribution in [1.29, 1.82) is 0 Å². The number of hydrogen-bond donors (Lipinski definition) is 2. The summed E-state index contributed by atoms with van der Waals surface area (Å²) in [5, 5.41) is 18.6. The molecule has 0 heterocycles. The maximum absolute atomic E-state index is 13.8.